The van der Waals surface area contributed by atoms with E-state index in [0.717, 1.165) is 37.1 Å². The van der Waals surface area contributed by atoms with Crippen molar-refractivity contribution in [3.63, 3.8) is 0 Å². The number of carbonyl (C=O) groups excluding carboxylic acids is 2. The summed E-state index contributed by atoms with van der Waals surface area (Å²) < 4.78 is 5.35. The number of esters is 1. The number of rotatable bonds is 5. The molecule has 1 saturated heterocycles. The van der Waals surface area contributed by atoms with Crippen LogP contribution in [0.15, 0.2) is 42.5 Å². The summed E-state index contributed by atoms with van der Waals surface area (Å²) in [4.78, 5) is 26.9. The number of aryl methyl sites for hydroxylation is 1. The molecule has 3 rings (SSSR count). The van der Waals surface area contributed by atoms with E-state index in [-0.39, 0.29) is 18.6 Å². The van der Waals surface area contributed by atoms with Gasteiger partial charge >= 0.3 is 5.97 Å². The third kappa shape index (κ3) is 4.53. The molecule has 1 amide bonds. The van der Waals surface area contributed by atoms with Gasteiger partial charge in [0.2, 0.25) is 0 Å². The Kier molecular flexibility index (Phi) is 6.34. The molecule has 2 aromatic rings. The van der Waals surface area contributed by atoms with E-state index < -0.39 is 5.97 Å². The lowest BCUT2D eigenvalue weighted by Crippen LogP contribution is -2.44. The Morgan fingerprint density at radius 3 is 2.61 bits per heavy atom. The minimum Gasteiger partial charge on any atom is -0.452 e. The number of nitrogens with one attached hydrogen (secondary N) is 1. The van der Waals surface area contributed by atoms with Gasteiger partial charge in [0.25, 0.3) is 5.91 Å². The van der Waals surface area contributed by atoms with Gasteiger partial charge in [0.15, 0.2) is 6.61 Å². The third-order valence-corrected chi connectivity index (χ3v) is 5.47. The Labute approximate surface area is 166 Å². The lowest BCUT2D eigenvalue weighted by atomic mass is 10.0. The molecule has 1 N–H and O–H groups in total. The first kappa shape index (κ1) is 19.9. The first-order valence-electron chi connectivity index (χ1n) is 9.86. The van der Waals surface area contributed by atoms with Gasteiger partial charge in [0.05, 0.1) is 11.3 Å². The van der Waals surface area contributed by atoms with Gasteiger partial charge in [0, 0.05) is 18.3 Å². The van der Waals surface area contributed by atoms with Crippen LogP contribution < -0.4 is 5.32 Å². The maximum Gasteiger partial charge on any atom is 0.340 e. The zero-order valence-corrected chi connectivity index (χ0v) is 16.8. The molecule has 2 aromatic carbocycles. The Balaban J connectivity index is 1.69. The predicted octanol–water partition coefficient (Wildman–Crippen LogP) is 4.60. The van der Waals surface area contributed by atoms with Crippen LogP contribution in [0.1, 0.15) is 47.7 Å². The highest BCUT2D eigenvalue weighted by Gasteiger charge is 2.24. The molecule has 0 aliphatic carbocycles. The van der Waals surface area contributed by atoms with Gasteiger partial charge in [0.1, 0.15) is 0 Å². The van der Waals surface area contributed by atoms with Crippen LogP contribution in [-0.2, 0) is 9.53 Å². The van der Waals surface area contributed by atoms with Crippen molar-refractivity contribution in [2.45, 2.75) is 46.1 Å². The summed E-state index contributed by atoms with van der Waals surface area (Å²) in [6, 6.07) is 13.4. The van der Waals surface area contributed by atoms with Crippen molar-refractivity contribution in [3.8, 4) is 0 Å². The van der Waals surface area contributed by atoms with E-state index in [4.69, 9.17) is 4.74 Å². The molecule has 1 atom stereocenters. The quantitative estimate of drug-likeness (QED) is 0.770. The average molecular weight is 380 g/mol. The number of amides is 1. The first-order chi connectivity index (χ1) is 13.5. The molecular weight excluding hydrogens is 352 g/mol. The second kappa shape index (κ2) is 8.91. The van der Waals surface area contributed by atoms with Crippen LogP contribution in [0, 0.1) is 13.8 Å². The van der Waals surface area contributed by atoms with E-state index in [1.165, 1.54) is 5.56 Å². The van der Waals surface area contributed by atoms with E-state index in [2.05, 4.69) is 5.32 Å². The first-order valence-corrected chi connectivity index (χ1v) is 9.86. The normalized spacial score (nSPS) is 16.5. The van der Waals surface area contributed by atoms with E-state index in [1.807, 2.05) is 56.0 Å². The van der Waals surface area contributed by atoms with Crippen LogP contribution in [0.3, 0.4) is 0 Å². The zero-order valence-electron chi connectivity index (χ0n) is 16.8. The van der Waals surface area contributed by atoms with Crippen molar-refractivity contribution in [2.75, 3.05) is 18.5 Å². The number of hydrogen-bond donors (Lipinski definition) is 1. The lowest BCUT2D eigenvalue weighted by molar-refractivity contribution is -0.137. The molecule has 0 bridgehead atoms. The molecule has 5 nitrogen and oxygen atoms in total. The number of ether oxygens (including phenoxy) is 1. The minimum absolute atomic E-state index is 0.125. The summed E-state index contributed by atoms with van der Waals surface area (Å²) in [7, 11) is 0. The van der Waals surface area contributed by atoms with Crippen LogP contribution in [0.25, 0.3) is 0 Å². The topological polar surface area (TPSA) is 58.6 Å². The van der Waals surface area contributed by atoms with Crippen molar-refractivity contribution in [2.24, 2.45) is 0 Å². The fourth-order valence-corrected chi connectivity index (χ4v) is 3.56. The minimum atomic E-state index is -0.494. The molecular formula is C23H28N2O3. The Morgan fingerprint density at radius 2 is 1.82 bits per heavy atom. The van der Waals surface area contributed by atoms with Crippen molar-refractivity contribution < 1.29 is 14.3 Å². The number of carbonyl (C=O) groups is 2. The van der Waals surface area contributed by atoms with Gasteiger partial charge in [-0.25, -0.2) is 4.79 Å². The molecule has 0 saturated carbocycles. The second-order valence-corrected chi connectivity index (χ2v) is 7.43. The number of likely N-dealkylation sites (tertiary alicyclic amines) is 1. The molecule has 1 aliphatic heterocycles. The van der Waals surface area contributed by atoms with Gasteiger partial charge in [-0.15, -0.1) is 0 Å². The van der Waals surface area contributed by atoms with Gasteiger partial charge in [-0.05, 0) is 69.4 Å². The number of nitrogens with zero attached hydrogens (tertiary/aromatic N) is 1. The Bertz CT molecular complexity index is 863. The molecule has 5 heteroatoms. The number of para-hydroxylation sites is 1. The van der Waals surface area contributed by atoms with E-state index in [0.29, 0.717) is 11.3 Å². The summed E-state index contributed by atoms with van der Waals surface area (Å²) in [5.74, 6) is -0.619. The monoisotopic (exact) mass is 380 g/mol. The zero-order chi connectivity index (χ0) is 20.1. The van der Waals surface area contributed by atoms with Crippen molar-refractivity contribution in [1.29, 1.82) is 0 Å². The van der Waals surface area contributed by atoms with E-state index >= 15 is 0 Å². The summed E-state index contributed by atoms with van der Waals surface area (Å²) >= 11 is 0. The lowest BCUT2D eigenvalue weighted by Gasteiger charge is -2.33. The van der Waals surface area contributed by atoms with Gasteiger partial charge in [-0.2, -0.15) is 0 Å². The van der Waals surface area contributed by atoms with Crippen LogP contribution in [0.4, 0.5) is 11.4 Å². The van der Waals surface area contributed by atoms with Crippen LogP contribution in [0.2, 0.25) is 0 Å². The molecule has 0 aromatic heterocycles. The summed E-state index contributed by atoms with van der Waals surface area (Å²) in [6.07, 6.45) is 3.15. The predicted molar refractivity (Wildman–Crippen MR) is 111 cm³/mol. The van der Waals surface area contributed by atoms with Gasteiger partial charge < -0.3 is 15.0 Å². The van der Waals surface area contributed by atoms with Gasteiger partial charge in [-0.3, -0.25) is 4.79 Å². The average Bonchev–Trinajstić information content (AvgIpc) is 2.70. The van der Waals surface area contributed by atoms with Crippen molar-refractivity contribution in [3.05, 3.63) is 59.2 Å². The fraction of sp³-hybridized carbons (Fsp3) is 0.391. The Hall–Kier alpha value is -2.82. The maximum atomic E-state index is 12.6. The highest BCUT2D eigenvalue weighted by atomic mass is 16.5. The molecule has 1 aliphatic rings. The van der Waals surface area contributed by atoms with Crippen LogP contribution >= 0.6 is 0 Å². The Morgan fingerprint density at radius 1 is 1.07 bits per heavy atom. The SMILES string of the molecule is Cc1cccc(Nc2ccccc2C(=O)OCC(=O)N2CCCC[C@@H]2C)c1C. The summed E-state index contributed by atoms with van der Waals surface area (Å²) in [5, 5.41) is 3.32. The summed E-state index contributed by atoms with van der Waals surface area (Å²) in [6.45, 7) is 6.65. The number of anilines is 2. The largest absolute Gasteiger partial charge is 0.452 e. The molecule has 0 radical (unpaired) electrons. The highest BCUT2D eigenvalue weighted by molar-refractivity contribution is 5.97. The molecule has 28 heavy (non-hydrogen) atoms. The number of benzene rings is 2. The number of piperidine rings is 1. The molecule has 1 fully saturated rings. The van der Waals surface area contributed by atoms with Crippen molar-refractivity contribution in [1.82, 2.24) is 4.90 Å². The third-order valence-electron chi connectivity index (χ3n) is 5.47. The van der Waals surface area contributed by atoms with Gasteiger partial charge in [-0.1, -0.05) is 24.3 Å². The van der Waals surface area contributed by atoms with E-state index in [1.54, 1.807) is 12.1 Å². The maximum absolute atomic E-state index is 12.6. The standard InChI is InChI=1S/C23H28N2O3/c1-16-9-8-13-20(18(16)3)24-21-12-5-4-11-19(21)23(27)28-15-22(26)25-14-7-6-10-17(25)2/h4-5,8-9,11-13,17,24H,6-7,10,14-15H2,1-3H3/t17-/m0/s1. The van der Waals surface area contributed by atoms with E-state index in [9.17, 15) is 9.59 Å². The van der Waals surface area contributed by atoms with Crippen LogP contribution in [0.5, 0.6) is 0 Å². The highest BCUT2D eigenvalue weighted by Crippen LogP contribution is 2.26. The molecule has 0 spiro atoms. The van der Waals surface area contributed by atoms with Crippen molar-refractivity contribution >= 4 is 23.3 Å². The summed E-state index contributed by atoms with van der Waals surface area (Å²) in [5.41, 5.74) is 4.33. The smallest absolute Gasteiger partial charge is 0.340 e. The second-order valence-electron chi connectivity index (χ2n) is 7.43. The molecule has 0 unspecified atom stereocenters. The van der Waals surface area contributed by atoms with Crippen LogP contribution in [-0.4, -0.2) is 36.0 Å². The number of hydrogen-bond acceptors (Lipinski definition) is 4. The molecule has 1 heterocycles. The molecule has 148 valence electrons. The fourth-order valence-electron chi connectivity index (χ4n) is 3.56.